The highest BCUT2D eigenvalue weighted by molar-refractivity contribution is 6.01. The zero-order valence-corrected chi connectivity index (χ0v) is 16.8. The van der Waals surface area contributed by atoms with Crippen molar-refractivity contribution in [2.24, 2.45) is 0 Å². The minimum Gasteiger partial charge on any atom is -0.449 e. The molecule has 3 amide bonds. The molecule has 0 aliphatic heterocycles. The second-order valence-corrected chi connectivity index (χ2v) is 7.44. The zero-order chi connectivity index (χ0) is 21.6. The molecule has 0 saturated carbocycles. The van der Waals surface area contributed by atoms with Crippen LogP contribution in [0.25, 0.3) is 11.1 Å². The van der Waals surface area contributed by atoms with Gasteiger partial charge in [-0.3, -0.25) is 10.1 Å². The molecule has 0 unspecified atom stereocenters. The topological polar surface area (TPSA) is 108 Å². The predicted octanol–water partition coefficient (Wildman–Crippen LogP) is 3.39. The number of ether oxygens (including phenoxy) is 1. The highest BCUT2D eigenvalue weighted by Gasteiger charge is 2.24. The van der Waals surface area contributed by atoms with Crippen LogP contribution in [0.3, 0.4) is 0 Å². The van der Waals surface area contributed by atoms with Gasteiger partial charge in [0.15, 0.2) is 6.10 Å². The van der Waals surface area contributed by atoms with Gasteiger partial charge in [-0.05, 0) is 45.4 Å². The Bertz CT molecular complexity index is 971. The maximum Gasteiger partial charge on any atom is 0.339 e. The molecule has 2 rings (SSSR count). The van der Waals surface area contributed by atoms with Crippen molar-refractivity contribution in [2.45, 2.75) is 39.3 Å². The SMILES string of the molecule is C[C@H](OC(=O)c1ccccc1-c1ccccc1C#N)C(=O)NC(=O)NC(C)(C)C. The van der Waals surface area contributed by atoms with Crippen molar-refractivity contribution < 1.29 is 19.1 Å². The maximum atomic E-state index is 12.7. The van der Waals surface area contributed by atoms with Crippen LogP contribution in [-0.4, -0.2) is 29.6 Å². The number of carbonyl (C=O) groups excluding carboxylic acids is 3. The second-order valence-electron chi connectivity index (χ2n) is 7.44. The molecule has 0 aliphatic rings. The van der Waals surface area contributed by atoms with E-state index in [4.69, 9.17) is 4.74 Å². The summed E-state index contributed by atoms with van der Waals surface area (Å²) in [4.78, 5) is 36.7. The molecular formula is C22H23N3O4. The maximum absolute atomic E-state index is 12.7. The third kappa shape index (κ3) is 5.91. The van der Waals surface area contributed by atoms with E-state index in [1.54, 1.807) is 69.3 Å². The van der Waals surface area contributed by atoms with Crippen LogP contribution in [0.15, 0.2) is 48.5 Å². The van der Waals surface area contributed by atoms with Crippen LogP contribution in [0, 0.1) is 11.3 Å². The second kappa shape index (κ2) is 9.02. The van der Waals surface area contributed by atoms with Gasteiger partial charge < -0.3 is 10.1 Å². The lowest BCUT2D eigenvalue weighted by atomic mass is 9.96. The van der Waals surface area contributed by atoms with Gasteiger partial charge in [-0.1, -0.05) is 36.4 Å². The number of imide groups is 1. The van der Waals surface area contributed by atoms with Gasteiger partial charge in [-0.15, -0.1) is 0 Å². The van der Waals surface area contributed by atoms with Crippen LogP contribution in [0.2, 0.25) is 0 Å². The smallest absolute Gasteiger partial charge is 0.339 e. The standard InChI is InChI=1S/C22H23N3O4/c1-14(19(26)24-21(28)25-22(2,3)4)29-20(27)18-12-8-7-11-17(18)16-10-6-5-9-15(16)13-23/h5-12,14H,1-4H3,(H2,24,25,26,28)/t14-/m0/s1. The number of hydrogen-bond donors (Lipinski definition) is 2. The predicted molar refractivity (Wildman–Crippen MR) is 108 cm³/mol. The number of amides is 3. The Labute approximate surface area is 169 Å². The highest BCUT2D eigenvalue weighted by atomic mass is 16.5. The van der Waals surface area contributed by atoms with Gasteiger partial charge in [-0.2, -0.15) is 5.26 Å². The summed E-state index contributed by atoms with van der Waals surface area (Å²) in [5, 5.41) is 14.1. The van der Waals surface area contributed by atoms with Gasteiger partial charge in [0, 0.05) is 11.1 Å². The first-order chi connectivity index (χ1) is 13.6. The lowest BCUT2D eigenvalue weighted by Gasteiger charge is -2.21. The molecule has 7 nitrogen and oxygen atoms in total. The number of nitriles is 1. The molecule has 0 aromatic heterocycles. The third-order valence-electron chi connectivity index (χ3n) is 3.86. The molecule has 0 saturated heterocycles. The summed E-state index contributed by atoms with van der Waals surface area (Å²) in [6, 6.07) is 15.0. The molecule has 1 atom stereocenters. The lowest BCUT2D eigenvalue weighted by Crippen LogP contribution is -2.50. The van der Waals surface area contributed by atoms with E-state index in [1.165, 1.54) is 6.92 Å². The number of nitrogens with one attached hydrogen (secondary N) is 2. The first-order valence-electron chi connectivity index (χ1n) is 9.05. The average molecular weight is 393 g/mol. The first-order valence-corrected chi connectivity index (χ1v) is 9.05. The summed E-state index contributed by atoms with van der Waals surface area (Å²) in [7, 11) is 0. The molecule has 0 fully saturated rings. The van der Waals surface area contributed by atoms with Crippen molar-refractivity contribution in [3.8, 4) is 17.2 Å². The summed E-state index contributed by atoms with van der Waals surface area (Å²) >= 11 is 0. The Morgan fingerprint density at radius 3 is 2.21 bits per heavy atom. The number of carbonyl (C=O) groups is 3. The molecule has 0 aliphatic carbocycles. The first kappa shape index (κ1) is 21.6. The van der Waals surface area contributed by atoms with Crippen molar-refractivity contribution in [1.82, 2.24) is 10.6 Å². The Hall–Kier alpha value is -3.66. The van der Waals surface area contributed by atoms with E-state index in [2.05, 4.69) is 16.7 Å². The minimum atomic E-state index is -1.19. The average Bonchev–Trinajstić information content (AvgIpc) is 2.66. The molecule has 150 valence electrons. The fraction of sp³-hybridized carbons (Fsp3) is 0.273. The highest BCUT2D eigenvalue weighted by Crippen LogP contribution is 2.27. The van der Waals surface area contributed by atoms with Gasteiger partial charge in [0.1, 0.15) is 0 Å². The fourth-order valence-corrected chi connectivity index (χ4v) is 2.57. The van der Waals surface area contributed by atoms with E-state index in [1.807, 2.05) is 0 Å². The van der Waals surface area contributed by atoms with Crippen LogP contribution in [0.1, 0.15) is 43.6 Å². The van der Waals surface area contributed by atoms with Crippen LogP contribution >= 0.6 is 0 Å². The van der Waals surface area contributed by atoms with Gasteiger partial charge in [0.2, 0.25) is 0 Å². The Morgan fingerprint density at radius 2 is 1.59 bits per heavy atom. The molecule has 29 heavy (non-hydrogen) atoms. The van der Waals surface area contributed by atoms with Gasteiger partial charge in [-0.25, -0.2) is 9.59 Å². The third-order valence-corrected chi connectivity index (χ3v) is 3.86. The molecule has 0 bridgehead atoms. The number of hydrogen-bond acceptors (Lipinski definition) is 5. The van der Waals surface area contributed by atoms with E-state index in [9.17, 15) is 19.6 Å². The van der Waals surface area contributed by atoms with Crippen molar-refractivity contribution >= 4 is 17.9 Å². The number of benzene rings is 2. The number of nitrogens with zero attached hydrogens (tertiary/aromatic N) is 1. The molecule has 2 aromatic rings. The molecule has 0 spiro atoms. The molecule has 0 radical (unpaired) electrons. The molecule has 2 N–H and O–H groups in total. The van der Waals surface area contributed by atoms with Crippen molar-refractivity contribution in [2.75, 3.05) is 0 Å². The van der Waals surface area contributed by atoms with E-state index in [-0.39, 0.29) is 5.56 Å². The fourth-order valence-electron chi connectivity index (χ4n) is 2.57. The monoisotopic (exact) mass is 393 g/mol. The van der Waals surface area contributed by atoms with E-state index in [0.717, 1.165) is 0 Å². The van der Waals surface area contributed by atoms with Gasteiger partial charge in [0.25, 0.3) is 5.91 Å². The van der Waals surface area contributed by atoms with Crippen molar-refractivity contribution in [3.05, 3.63) is 59.7 Å². The number of urea groups is 1. The summed E-state index contributed by atoms with van der Waals surface area (Å²) < 4.78 is 5.25. The Kier molecular flexibility index (Phi) is 6.73. The largest absolute Gasteiger partial charge is 0.449 e. The van der Waals surface area contributed by atoms with E-state index >= 15 is 0 Å². The van der Waals surface area contributed by atoms with Crippen LogP contribution < -0.4 is 10.6 Å². The molecule has 7 heteroatoms. The van der Waals surface area contributed by atoms with Crippen molar-refractivity contribution in [1.29, 1.82) is 5.26 Å². The Balaban J connectivity index is 2.17. The quantitative estimate of drug-likeness (QED) is 0.774. The minimum absolute atomic E-state index is 0.217. The van der Waals surface area contributed by atoms with Crippen LogP contribution in [-0.2, 0) is 9.53 Å². The zero-order valence-electron chi connectivity index (χ0n) is 16.8. The normalized spacial score (nSPS) is 11.7. The molecular weight excluding hydrogens is 370 g/mol. The Morgan fingerprint density at radius 1 is 1.00 bits per heavy atom. The van der Waals surface area contributed by atoms with Crippen LogP contribution in [0.4, 0.5) is 4.79 Å². The summed E-state index contributed by atoms with van der Waals surface area (Å²) in [6.45, 7) is 6.70. The summed E-state index contributed by atoms with van der Waals surface area (Å²) in [6.07, 6.45) is -1.19. The molecule has 2 aromatic carbocycles. The van der Waals surface area contributed by atoms with Crippen LogP contribution in [0.5, 0.6) is 0 Å². The molecule has 0 heterocycles. The van der Waals surface area contributed by atoms with Gasteiger partial charge >= 0.3 is 12.0 Å². The summed E-state index contributed by atoms with van der Waals surface area (Å²) in [5.41, 5.74) is 1.22. The number of rotatable bonds is 4. The van der Waals surface area contributed by atoms with Crippen molar-refractivity contribution in [3.63, 3.8) is 0 Å². The van der Waals surface area contributed by atoms with E-state index in [0.29, 0.717) is 16.7 Å². The van der Waals surface area contributed by atoms with E-state index < -0.39 is 29.6 Å². The van der Waals surface area contributed by atoms with Gasteiger partial charge in [0.05, 0.1) is 17.2 Å². The summed E-state index contributed by atoms with van der Waals surface area (Å²) in [5.74, 6) is -1.47. The number of esters is 1. The lowest BCUT2D eigenvalue weighted by molar-refractivity contribution is -0.127.